The number of anilines is 1. The predicted molar refractivity (Wildman–Crippen MR) is 73.7 cm³/mol. The van der Waals surface area contributed by atoms with Gasteiger partial charge in [-0.2, -0.15) is 0 Å². The van der Waals surface area contributed by atoms with Gasteiger partial charge in [0.1, 0.15) is 11.6 Å². The van der Waals surface area contributed by atoms with E-state index in [2.05, 4.69) is 10.1 Å². The van der Waals surface area contributed by atoms with Gasteiger partial charge in [0.05, 0.1) is 20.2 Å². The third-order valence-electron chi connectivity index (χ3n) is 2.78. The van der Waals surface area contributed by atoms with Crippen LogP contribution in [0.1, 0.15) is 13.8 Å². The van der Waals surface area contributed by atoms with Crippen LogP contribution in [0.15, 0.2) is 18.2 Å². The van der Waals surface area contributed by atoms with E-state index in [0.29, 0.717) is 6.07 Å². The average molecular weight is 300 g/mol. The van der Waals surface area contributed by atoms with Gasteiger partial charge in [0.25, 0.3) is 0 Å². The summed E-state index contributed by atoms with van der Waals surface area (Å²) in [6.07, 6.45) is 0. The molecule has 21 heavy (non-hydrogen) atoms. The molecule has 1 aromatic carbocycles. The van der Waals surface area contributed by atoms with Crippen LogP contribution >= 0.6 is 0 Å². The van der Waals surface area contributed by atoms with E-state index < -0.39 is 23.5 Å². The summed E-state index contributed by atoms with van der Waals surface area (Å²) in [5.41, 5.74) is 0.0271. The van der Waals surface area contributed by atoms with Crippen molar-refractivity contribution in [3.8, 4) is 0 Å². The van der Waals surface area contributed by atoms with Crippen molar-refractivity contribution in [2.45, 2.75) is 19.9 Å². The van der Waals surface area contributed by atoms with Crippen molar-refractivity contribution >= 4 is 17.6 Å². The molecule has 0 heterocycles. The molecule has 0 radical (unpaired) electrons. The summed E-state index contributed by atoms with van der Waals surface area (Å²) >= 11 is 0. The lowest BCUT2D eigenvalue weighted by molar-refractivity contribution is -0.142. The zero-order valence-electron chi connectivity index (χ0n) is 12.2. The van der Waals surface area contributed by atoms with E-state index in [1.165, 1.54) is 7.11 Å². The number of amides is 1. The molecular weight excluding hydrogens is 282 g/mol. The van der Waals surface area contributed by atoms with Gasteiger partial charge < -0.3 is 10.1 Å². The zero-order valence-corrected chi connectivity index (χ0v) is 12.2. The van der Waals surface area contributed by atoms with Crippen LogP contribution < -0.4 is 5.32 Å². The largest absolute Gasteiger partial charge is 0.468 e. The average Bonchev–Trinajstić information content (AvgIpc) is 2.36. The first kappa shape index (κ1) is 17.0. The van der Waals surface area contributed by atoms with Crippen LogP contribution in [0.3, 0.4) is 0 Å². The number of hydrogen-bond donors (Lipinski definition) is 1. The first-order valence-corrected chi connectivity index (χ1v) is 6.38. The van der Waals surface area contributed by atoms with E-state index in [1.54, 1.807) is 4.90 Å². The highest BCUT2D eigenvalue weighted by Crippen LogP contribution is 2.13. The molecule has 0 unspecified atom stereocenters. The minimum atomic E-state index is -0.777. The monoisotopic (exact) mass is 300 g/mol. The van der Waals surface area contributed by atoms with E-state index in [-0.39, 0.29) is 24.8 Å². The highest BCUT2D eigenvalue weighted by atomic mass is 19.1. The number of carbonyl (C=O) groups excluding carboxylic acids is 2. The fourth-order valence-corrected chi connectivity index (χ4v) is 1.66. The molecular formula is C14H18F2N2O3. The molecule has 0 fully saturated rings. The van der Waals surface area contributed by atoms with Crippen molar-refractivity contribution in [2.24, 2.45) is 0 Å². The summed E-state index contributed by atoms with van der Waals surface area (Å²) in [5, 5.41) is 2.39. The minimum absolute atomic E-state index is 0.0271. The van der Waals surface area contributed by atoms with E-state index in [0.717, 1.165) is 12.1 Å². The van der Waals surface area contributed by atoms with Crippen LogP contribution in [0.5, 0.6) is 0 Å². The van der Waals surface area contributed by atoms with Gasteiger partial charge in [-0.1, -0.05) is 0 Å². The van der Waals surface area contributed by atoms with Crippen LogP contribution in [0.4, 0.5) is 14.5 Å². The van der Waals surface area contributed by atoms with E-state index in [1.807, 2.05) is 13.8 Å². The second-order valence-electron chi connectivity index (χ2n) is 4.78. The van der Waals surface area contributed by atoms with Gasteiger partial charge in [-0.05, 0) is 26.0 Å². The number of hydrogen-bond acceptors (Lipinski definition) is 4. The molecule has 7 heteroatoms. The van der Waals surface area contributed by atoms with Crippen molar-refractivity contribution in [1.82, 2.24) is 4.90 Å². The molecule has 1 amide bonds. The summed E-state index contributed by atoms with van der Waals surface area (Å²) in [5.74, 6) is -2.49. The van der Waals surface area contributed by atoms with Crippen molar-refractivity contribution < 1.29 is 23.1 Å². The topological polar surface area (TPSA) is 58.6 Å². The van der Waals surface area contributed by atoms with Crippen LogP contribution in [0.25, 0.3) is 0 Å². The maximum atomic E-state index is 13.0. The first-order valence-electron chi connectivity index (χ1n) is 6.38. The van der Waals surface area contributed by atoms with Crippen LogP contribution in [0.2, 0.25) is 0 Å². The maximum absolute atomic E-state index is 13.0. The lowest BCUT2D eigenvalue weighted by atomic mass is 10.2. The number of nitrogens with zero attached hydrogens (tertiary/aromatic N) is 1. The third-order valence-corrected chi connectivity index (χ3v) is 2.78. The van der Waals surface area contributed by atoms with Crippen LogP contribution in [0, 0.1) is 11.6 Å². The molecule has 0 aromatic heterocycles. The van der Waals surface area contributed by atoms with E-state index in [4.69, 9.17) is 0 Å². The zero-order chi connectivity index (χ0) is 16.0. The third kappa shape index (κ3) is 5.86. The summed E-state index contributed by atoms with van der Waals surface area (Å²) in [6, 6.07) is 2.68. The summed E-state index contributed by atoms with van der Waals surface area (Å²) in [7, 11) is 1.26. The molecule has 1 N–H and O–H groups in total. The Labute approximate surface area is 121 Å². The Morgan fingerprint density at radius 1 is 1.19 bits per heavy atom. The molecule has 0 saturated heterocycles. The van der Waals surface area contributed by atoms with Crippen molar-refractivity contribution in [3.05, 3.63) is 29.8 Å². The molecule has 1 aromatic rings. The SMILES string of the molecule is COC(=O)CN(CC(=O)Nc1cc(F)cc(F)c1)C(C)C. The number of benzene rings is 1. The molecule has 0 atom stereocenters. The molecule has 5 nitrogen and oxygen atoms in total. The normalized spacial score (nSPS) is 10.8. The predicted octanol–water partition coefficient (Wildman–Crippen LogP) is 1.79. The second-order valence-corrected chi connectivity index (χ2v) is 4.78. The Morgan fingerprint density at radius 3 is 2.24 bits per heavy atom. The van der Waals surface area contributed by atoms with Gasteiger partial charge in [-0.3, -0.25) is 14.5 Å². The lowest BCUT2D eigenvalue weighted by Gasteiger charge is -2.24. The quantitative estimate of drug-likeness (QED) is 0.814. The Bertz CT molecular complexity index is 501. The lowest BCUT2D eigenvalue weighted by Crippen LogP contribution is -2.41. The summed E-state index contributed by atoms with van der Waals surface area (Å²) in [4.78, 5) is 24.7. The van der Waals surface area contributed by atoms with Crippen molar-refractivity contribution in [3.63, 3.8) is 0 Å². The standard InChI is InChI=1S/C14H18F2N2O3/c1-9(2)18(8-14(20)21-3)7-13(19)17-12-5-10(15)4-11(16)6-12/h4-6,9H,7-8H2,1-3H3,(H,17,19). The number of methoxy groups -OCH3 is 1. The molecule has 0 spiro atoms. The second kappa shape index (κ2) is 7.68. The highest BCUT2D eigenvalue weighted by molar-refractivity contribution is 5.92. The smallest absolute Gasteiger partial charge is 0.319 e. The number of halogens is 2. The Balaban J connectivity index is 2.67. The number of esters is 1. The number of ether oxygens (including phenoxy) is 1. The van der Waals surface area contributed by atoms with Crippen molar-refractivity contribution in [2.75, 3.05) is 25.5 Å². The summed E-state index contributed by atoms with van der Waals surface area (Å²) in [6.45, 7) is 3.50. The Kier molecular flexibility index (Phi) is 6.23. The van der Waals surface area contributed by atoms with Crippen LogP contribution in [-0.2, 0) is 14.3 Å². The maximum Gasteiger partial charge on any atom is 0.319 e. The fourth-order valence-electron chi connectivity index (χ4n) is 1.66. The van der Waals surface area contributed by atoms with Crippen molar-refractivity contribution in [1.29, 1.82) is 0 Å². The first-order chi connectivity index (χ1) is 9.81. The van der Waals surface area contributed by atoms with Gasteiger partial charge in [-0.25, -0.2) is 8.78 Å². The molecule has 0 aliphatic heterocycles. The van der Waals surface area contributed by atoms with Gasteiger partial charge in [-0.15, -0.1) is 0 Å². The Morgan fingerprint density at radius 2 is 1.76 bits per heavy atom. The molecule has 1 rings (SSSR count). The highest BCUT2D eigenvalue weighted by Gasteiger charge is 2.18. The van der Waals surface area contributed by atoms with E-state index >= 15 is 0 Å². The van der Waals surface area contributed by atoms with Gasteiger partial charge in [0, 0.05) is 17.8 Å². The van der Waals surface area contributed by atoms with E-state index in [9.17, 15) is 18.4 Å². The molecule has 0 bridgehead atoms. The molecule has 0 aliphatic rings. The number of carbonyl (C=O) groups is 2. The van der Waals surface area contributed by atoms with Gasteiger partial charge in [0.15, 0.2) is 0 Å². The Hall–Kier alpha value is -2.02. The molecule has 0 saturated carbocycles. The fraction of sp³-hybridized carbons (Fsp3) is 0.429. The van der Waals surface area contributed by atoms with Gasteiger partial charge >= 0.3 is 5.97 Å². The van der Waals surface area contributed by atoms with Crippen LogP contribution in [-0.4, -0.2) is 43.0 Å². The molecule has 0 aliphatic carbocycles. The van der Waals surface area contributed by atoms with Gasteiger partial charge in [0.2, 0.25) is 5.91 Å². The number of nitrogens with one attached hydrogen (secondary N) is 1. The molecule has 116 valence electrons. The number of rotatable bonds is 6. The minimum Gasteiger partial charge on any atom is -0.468 e. The summed E-state index contributed by atoms with van der Waals surface area (Å²) < 4.78 is 30.6.